The van der Waals surface area contributed by atoms with Crippen molar-refractivity contribution in [3.63, 3.8) is 0 Å². The maximum absolute atomic E-state index is 13.6. The van der Waals surface area contributed by atoms with Crippen molar-refractivity contribution < 1.29 is 37.3 Å². The van der Waals surface area contributed by atoms with E-state index in [-0.39, 0.29) is 24.9 Å². The van der Waals surface area contributed by atoms with Crippen LogP contribution in [0.15, 0.2) is 97.2 Å². The number of hydrogen-bond acceptors (Lipinski definition) is 7. The third kappa shape index (κ3) is 65.4. The molecule has 0 saturated heterocycles. The van der Waals surface area contributed by atoms with Gasteiger partial charge < -0.3 is 28.5 Å². The van der Waals surface area contributed by atoms with Gasteiger partial charge in [0, 0.05) is 12.8 Å². The molecule has 0 rings (SSSR count). The van der Waals surface area contributed by atoms with Crippen molar-refractivity contribution in [3.8, 4) is 0 Å². The predicted molar refractivity (Wildman–Crippen MR) is 371 cm³/mol. The quantitative estimate of drug-likeness (QED) is 0.0212. The molecule has 1 amide bonds. The minimum atomic E-state index is -4.71. The van der Waals surface area contributed by atoms with Gasteiger partial charge in [-0.15, -0.1) is 0 Å². The molecule has 3 atom stereocenters. The van der Waals surface area contributed by atoms with Gasteiger partial charge in [0.2, 0.25) is 5.91 Å². The molecule has 1 N–H and O–H groups in total. The second kappa shape index (κ2) is 64.9. The summed E-state index contributed by atoms with van der Waals surface area (Å²) in [6.45, 7) is 6.80. The first-order valence-electron chi connectivity index (χ1n) is 36.0. The van der Waals surface area contributed by atoms with Crippen molar-refractivity contribution in [1.29, 1.82) is 0 Å². The van der Waals surface area contributed by atoms with Gasteiger partial charge in [0.25, 0.3) is 7.82 Å². The van der Waals surface area contributed by atoms with Crippen LogP contribution in [0.4, 0.5) is 0 Å². The van der Waals surface area contributed by atoms with E-state index in [1.165, 1.54) is 180 Å². The average Bonchev–Trinajstić information content (AvgIpc) is 3.67. The fraction of sp³-hybridized carbons (Fsp3) is 0.763. The Balaban J connectivity index is 5.07. The van der Waals surface area contributed by atoms with Gasteiger partial charge in [0.15, 0.2) is 0 Å². The van der Waals surface area contributed by atoms with Gasteiger partial charge in [-0.2, -0.15) is 0 Å². The first kappa shape index (κ1) is 82.9. The molecule has 86 heavy (non-hydrogen) atoms. The van der Waals surface area contributed by atoms with Gasteiger partial charge in [-0.1, -0.05) is 292 Å². The Labute approximate surface area is 532 Å². The highest BCUT2D eigenvalue weighted by Crippen LogP contribution is 2.38. The summed E-state index contributed by atoms with van der Waals surface area (Å²) >= 11 is 0. The van der Waals surface area contributed by atoms with Crippen LogP contribution in [0.1, 0.15) is 323 Å². The van der Waals surface area contributed by atoms with Crippen LogP contribution >= 0.6 is 7.82 Å². The highest BCUT2D eigenvalue weighted by Gasteiger charge is 2.27. The number of carbonyl (C=O) groups is 2. The molecule has 0 radical (unpaired) electrons. The Morgan fingerprint density at radius 1 is 0.407 bits per heavy atom. The monoisotopic (exact) mass is 1220 g/mol. The lowest BCUT2D eigenvalue weighted by atomic mass is 10.0. The zero-order valence-corrected chi connectivity index (χ0v) is 57.9. The predicted octanol–water partition coefficient (Wildman–Crippen LogP) is 22.4. The standard InChI is InChI=1S/C76H137N2O7P/c1-7-10-13-16-19-22-25-28-30-32-34-36-37-38-39-40-41-43-44-46-48-50-53-56-59-62-65-68-75(79)77-73(72-84-86(81,82)83-71-70-78(4,5)6)74(67-64-61-58-55-52-27-24-21-18-15-12-9-3)85-76(80)69-66-63-60-57-54-51-49-47-45-42-35-33-31-29-26-23-20-17-14-11-8-2/h19-20,22-23,28-31,34-36,38-39,42,64,67,73-74H,7-18,21,24-27,32-33,37,40-41,43-63,65-66,68-72H2,1-6H3,(H-,77,79,81,82)/b22-19-,23-20-,30-28-,31-29-,36-34-,39-38-,42-35-,67-64-. The minimum absolute atomic E-state index is 0.0276. The van der Waals surface area contributed by atoms with Crippen LogP contribution in [-0.4, -0.2) is 69.4 Å². The number of ether oxygens (including phenoxy) is 1. The lowest BCUT2D eigenvalue weighted by molar-refractivity contribution is -0.870. The third-order valence-electron chi connectivity index (χ3n) is 15.7. The number of unbranched alkanes of at least 4 members (excludes halogenated alkanes) is 35. The molecule has 0 heterocycles. The molecule has 9 nitrogen and oxygen atoms in total. The Kier molecular flexibility index (Phi) is 62.6. The zero-order chi connectivity index (χ0) is 62.8. The Hall–Kier alpha value is -3.07. The number of phosphoric acid groups is 1. The fourth-order valence-electron chi connectivity index (χ4n) is 10.2. The topological polar surface area (TPSA) is 114 Å². The normalized spacial score (nSPS) is 14.1. The summed E-state index contributed by atoms with van der Waals surface area (Å²) < 4.78 is 30.5. The number of hydrogen-bond donors (Lipinski definition) is 1. The first-order chi connectivity index (χ1) is 41.9. The van der Waals surface area contributed by atoms with E-state index in [0.29, 0.717) is 17.4 Å². The van der Waals surface area contributed by atoms with Crippen LogP contribution in [0.2, 0.25) is 0 Å². The van der Waals surface area contributed by atoms with E-state index in [9.17, 15) is 19.0 Å². The van der Waals surface area contributed by atoms with Gasteiger partial charge in [0.1, 0.15) is 19.3 Å². The van der Waals surface area contributed by atoms with E-state index in [1.54, 1.807) is 0 Å². The van der Waals surface area contributed by atoms with E-state index in [4.69, 9.17) is 13.8 Å². The molecule has 0 aliphatic rings. The first-order valence-corrected chi connectivity index (χ1v) is 37.5. The van der Waals surface area contributed by atoms with Crippen LogP contribution in [-0.2, 0) is 27.9 Å². The molecule has 0 aromatic carbocycles. The molecule has 10 heteroatoms. The lowest BCUT2D eigenvalue weighted by Gasteiger charge is -2.30. The number of rotatable bonds is 65. The van der Waals surface area contributed by atoms with E-state index in [1.807, 2.05) is 33.3 Å². The van der Waals surface area contributed by atoms with Crippen molar-refractivity contribution in [2.24, 2.45) is 0 Å². The number of likely N-dealkylation sites (N-methyl/N-ethyl adjacent to an activating group) is 1. The smallest absolute Gasteiger partial charge is 0.306 e. The highest BCUT2D eigenvalue weighted by molar-refractivity contribution is 7.45. The van der Waals surface area contributed by atoms with E-state index < -0.39 is 26.6 Å². The van der Waals surface area contributed by atoms with Crippen molar-refractivity contribution in [1.82, 2.24) is 5.32 Å². The van der Waals surface area contributed by atoms with E-state index >= 15 is 0 Å². The van der Waals surface area contributed by atoms with Gasteiger partial charge in [-0.25, -0.2) is 0 Å². The molecule has 0 aliphatic carbocycles. The second-order valence-electron chi connectivity index (χ2n) is 25.4. The van der Waals surface area contributed by atoms with Crippen molar-refractivity contribution in [2.45, 2.75) is 335 Å². The summed E-state index contributed by atoms with van der Waals surface area (Å²) in [5.74, 6) is -0.549. The van der Waals surface area contributed by atoms with Crippen molar-refractivity contribution in [3.05, 3.63) is 97.2 Å². The molecular formula is C76H137N2O7P. The number of esters is 1. The second-order valence-corrected chi connectivity index (χ2v) is 26.8. The zero-order valence-electron chi connectivity index (χ0n) is 57.0. The van der Waals surface area contributed by atoms with Crippen LogP contribution in [0.3, 0.4) is 0 Å². The number of carbonyl (C=O) groups excluding carboxylic acids is 2. The minimum Gasteiger partial charge on any atom is -0.756 e. The van der Waals surface area contributed by atoms with Crippen LogP contribution in [0.5, 0.6) is 0 Å². The number of nitrogens with one attached hydrogen (secondary N) is 1. The van der Waals surface area contributed by atoms with Gasteiger partial charge in [-0.3, -0.25) is 14.2 Å². The van der Waals surface area contributed by atoms with Crippen LogP contribution < -0.4 is 10.2 Å². The van der Waals surface area contributed by atoms with Gasteiger partial charge in [-0.05, 0) is 115 Å². The number of nitrogens with zero attached hydrogens (tertiary/aromatic N) is 1. The summed E-state index contributed by atoms with van der Waals surface area (Å²) in [7, 11) is 1.17. The van der Waals surface area contributed by atoms with Crippen molar-refractivity contribution in [2.75, 3.05) is 40.9 Å². The molecular weight excluding hydrogens is 1080 g/mol. The third-order valence-corrected chi connectivity index (χ3v) is 16.7. The van der Waals surface area contributed by atoms with E-state index in [2.05, 4.69) is 111 Å². The maximum Gasteiger partial charge on any atom is 0.306 e. The molecule has 0 aliphatic heterocycles. The van der Waals surface area contributed by atoms with E-state index in [0.717, 1.165) is 109 Å². The Bertz CT molecular complexity index is 1790. The van der Waals surface area contributed by atoms with Gasteiger partial charge >= 0.3 is 5.97 Å². The Morgan fingerprint density at radius 3 is 1.08 bits per heavy atom. The molecule has 498 valence electrons. The highest BCUT2D eigenvalue weighted by atomic mass is 31.2. The largest absolute Gasteiger partial charge is 0.756 e. The maximum atomic E-state index is 13.6. The average molecular weight is 1220 g/mol. The Morgan fingerprint density at radius 2 is 0.709 bits per heavy atom. The van der Waals surface area contributed by atoms with Crippen LogP contribution in [0, 0.1) is 0 Å². The molecule has 0 aromatic heterocycles. The summed E-state index contributed by atoms with van der Waals surface area (Å²) in [4.78, 5) is 40.2. The molecule has 0 bridgehead atoms. The summed E-state index contributed by atoms with van der Waals surface area (Å²) in [5, 5.41) is 3.04. The number of amides is 1. The van der Waals surface area contributed by atoms with Crippen LogP contribution in [0.25, 0.3) is 0 Å². The molecule has 0 aromatic rings. The molecule has 3 unspecified atom stereocenters. The molecule has 0 spiro atoms. The number of quaternary nitrogens is 1. The summed E-state index contributed by atoms with van der Waals surface area (Å²) in [6, 6.07) is -0.899. The fourth-order valence-corrected chi connectivity index (χ4v) is 10.9. The molecule has 0 saturated carbocycles. The van der Waals surface area contributed by atoms with Crippen molar-refractivity contribution >= 4 is 19.7 Å². The molecule has 0 fully saturated rings. The number of allylic oxidation sites excluding steroid dienone is 15. The summed E-state index contributed by atoms with van der Waals surface area (Å²) in [5.41, 5.74) is 0. The van der Waals surface area contributed by atoms with Gasteiger partial charge in [0.05, 0.1) is 33.8 Å². The lowest BCUT2D eigenvalue weighted by Crippen LogP contribution is -2.47. The number of phosphoric ester groups is 1. The SMILES string of the molecule is CCCCC/C=C\C/C=C\C/C=C\C/C=C\CCCCCCCCCCCCCC(=O)NC(COP(=O)([O-])OCC[N+](C)(C)C)C(/C=C\CCCCCCCCCCCC)OC(=O)CCCCCCCCCC/C=C\C/C=C\C/C=C\CCCCC. The summed E-state index contributed by atoms with van der Waals surface area (Å²) in [6.07, 6.45) is 88.1.